The van der Waals surface area contributed by atoms with E-state index in [2.05, 4.69) is 51.7 Å². The molecule has 2 aliphatic carbocycles. The number of aromatic amines is 1. The van der Waals surface area contributed by atoms with Gasteiger partial charge in [-0.15, -0.1) is 23.1 Å². The molecule has 2 N–H and O–H groups in total. The lowest BCUT2D eigenvalue weighted by Crippen LogP contribution is -2.15. The van der Waals surface area contributed by atoms with Crippen LogP contribution in [0.4, 0.5) is 5.69 Å². The fourth-order valence-electron chi connectivity index (χ4n) is 4.78. The normalized spacial score (nSPS) is 13.8. The van der Waals surface area contributed by atoms with Gasteiger partial charge in [0, 0.05) is 10.6 Å². The first kappa shape index (κ1) is 19.8. The number of anilines is 1. The summed E-state index contributed by atoms with van der Waals surface area (Å²) in [6.45, 7) is 0. The number of aromatic nitrogens is 2. The number of nitrogens with zero attached hydrogens (tertiary/aromatic N) is 1. The van der Waals surface area contributed by atoms with E-state index in [0.29, 0.717) is 17.3 Å². The lowest BCUT2D eigenvalue weighted by Gasteiger charge is -2.08. The fraction of sp³-hybridized carbons (Fsp3) is 0.240. The molecule has 2 heterocycles. The summed E-state index contributed by atoms with van der Waals surface area (Å²) in [5.41, 5.74) is 7.07. The summed E-state index contributed by atoms with van der Waals surface area (Å²) in [5.74, 6) is 1.39. The van der Waals surface area contributed by atoms with E-state index in [9.17, 15) is 9.59 Å². The number of amides is 1. The highest BCUT2D eigenvalue weighted by molar-refractivity contribution is 7.99. The lowest BCUT2D eigenvalue weighted by atomic mass is 10.1. The monoisotopic (exact) mass is 459 g/mol. The minimum Gasteiger partial charge on any atom is -0.325 e. The fourth-order valence-corrected chi connectivity index (χ4v) is 6.75. The number of carbonyl (C=O) groups excluding carboxylic acids is 1. The third-order valence-corrected chi connectivity index (χ3v) is 8.30. The molecule has 160 valence electrons. The zero-order valence-corrected chi connectivity index (χ0v) is 19.0. The van der Waals surface area contributed by atoms with Crippen molar-refractivity contribution in [1.82, 2.24) is 9.97 Å². The van der Waals surface area contributed by atoms with Gasteiger partial charge in [-0.05, 0) is 65.6 Å². The molecule has 0 radical (unpaired) electrons. The standard InChI is InChI=1S/C25H21N3O2S2/c29-22(26-16-8-9-18-15(11-16)10-14-4-1-2-5-17(14)18)13-31-12-21-27-24(30)23-19-6-3-7-20(19)32-25(23)28-21/h1-2,4-5,8-9,11H,3,6-7,10,12-13H2,(H,26,29)(H,27,28,30). The van der Waals surface area contributed by atoms with E-state index >= 15 is 0 Å². The van der Waals surface area contributed by atoms with Crippen molar-refractivity contribution in [3.05, 3.63) is 80.2 Å². The molecule has 0 aliphatic heterocycles. The molecule has 0 atom stereocenters. The Labute approximate surface area is 193 Å². The maximum atomic E-state index is 12.6. The highest BCUT2D eigenvalue weighted by Gasteiger charge is 2.21. The predicted molar refractivity (Wildman–Crippen MR) is 132 cm³/mol. The first-order valence-corrected chi connectivity index (χ1v) is 12.7. The molecule has 2 aromatic carbocycles. The van der Waals surface area contributed by atoms with Gasteiger partial charge in [0.2, 0.25) is 5.91 Å². The van der Waals surface area contributed by atoms with Gasteiger partial charge in [-0.1, -0.05) is 30.3 Å². The minimum atomic E-state index is -0.0519. The number of rotatable bonds is 5. The topological polar surface area (TPSA) is 74.8 Å². The average molecular weight is 460 g/mol. The number of carbonyl (C=O) groups is 1. The van der Waals surface area contributed by atoms with Gasteiger partial charge in [-0.3, -0.25) is 9.59 Å². The summed E-state index contributed by atoms with van der Waals surface area (Å²) in [4.78, 5) is 34.7. The summed E-state index contributed by atoms with van der Waals surface area (Å²) < 4.78 is 0. The molecule has 0 saturated carbocycles. The predicted octanol–water partition coefficient (Wildman–Crippen LogP) is 4.92. The van der Waals surface area contributed by atoms with Crippen molar-refractivity contribution in [2.75, 3.05) is 11.1 Å². The molecule has 0 unspecified atom stereocenters. The Bertz CT molecular complexity index is 1440. The van der Waals surface area contributed by atoms with E-state index in [1.54, 1.807) is 11.3 Å². The molecule has 5 nitrogen and oxygen atoms in total. The molecule has 4 aromatic rings. The number of benzene rings is 2. The Kier molecular flexibility index (Phi) is 4.88. The van der Waals surface area contributed by atoms with Crippen LogP contribution in [0.3, 0.4) is 0 Å². The summed E-state index contributed by atoms with van der Waals surface area (Å²) in [7, 11) is 0. The second-order valence-corrected chi connectivity index (χ2v) is 10.4. The highest BCUT2D eigenvalue weighted by atomic mass is 32.2. The summed E-state index contributed by atoms with van der Waals surface area (Å²) in [6.07, 6.45) is 4.05. The number of aryl methyl sites for hydroxylation is 2. The van der Waals surface area contributed by atoms with E-state index < -0.39 is 0 Å². The number of nitrogens with one attached hydrogen (secondary N) is 2. The SMILES string of the molecule is O=C(CSCc1nc2sc3c(c2c(=O)[nH]1)CCC3)Nc1ccc2c(c1)Cc1ccccc1-2. The van der Waals surface area contributed by atoms with Crippen LogP contribution in [0.25, 0.3) is 21.3 Å². The quantitative estimate of drug-likeness (QED) is 0.391. The number of thiophene rings is 1. The van der Waals surface area contributed by atoms with Crippen molar-refractivity contribution in [3.63, 3.8) is 0 Å². The van der Waals surface area contributed by atoms with Gasteiger partial charge in [-0.2, -0.15) is 0 Å². The van der Waals surface area contributed by atoms with Crippen LogP contribution < -0.4 is 10.9 Å². The van der Waals surface area contributed by atoms with Crippen LogP contribution in [0.5, 0.6) is 0 Å². The van der Waals surface area contributed by atoms with Crippen LogP contribution >= 0.6 is 23.1 Å². The van der Waals surface area contributed by atoms with E-state index in [0.717, 1.165) is 41.6 Å². The minimum absolute atomic E-state index is 0.0476. The molecule has 32 heavy (non-hydrogen) atoms. The number of hydrogen-bond acceptors (Lipinski definition) is 5. The molecular formula is C25H21N3O2S2. The van der Waals surface area contributed by atoms with Gasteiger partial charge in [0.25, 0.3) is 5.56 Å². The van der Waals surface area contributed by atoms with E-state index in [1.165, 1.54) is 44.5 Å². The van der Waals surface area contributed by atoms with Crippen molar-refractivity contribution >= 4 is 44.9 Å². The lowest BCUT2D eigenvalue weighted by molar-refractivity contribution is -0.113. The molecular weight excluding hydrogens is 438 g/mol. The summed E-state index contributed by atoms with van der Waals surface area (Å²) in [6, 6.07) is 14.6. The van der Waals surface area contributed by atoms with Crippen LogP contribution in [0.15, 0.2) is 47.3 Å². The zero-order chi connectivity index (χ0) is 21.7. The van der Waals surface area contributed by atoms with Crippen LogP contribution in [-0.2, 0) is 29.8 Å². The molecule has 2 aromatic heterocycles. The summed E-state index contributed by atoms with van der Waals surface area (Å²) >= 11 is 3.10. The second-order valence-electron chi connectivity index (χ2n) is 8.30. The van der Waals surface area contributed by atoms with E-state index in [-0.39, 0.29) is 11.5 Å². The largest absolute Gasteiger partial charge is 0.325 e. The maximum absolute atomic E-state index is 12.6. The zero-order valence-electron chi connectivity index (χ0n) is 17.4. The molecule has 0 saturated heterocycles. The molecule has 0 fully saturated rings. The van der Waals surface area contributed by atoms with Gasteiger partial charge >= 0.3 is 0 Å². The summed E-state index contributed by atoms with van der Waals surface area (Å²) in [5, 5.41) is 3.77. The Morgan fingerprint density at radius 3 is 2.94 bits per heavy atom. The first-order chi connectivity index (χ1) is 15.7. The molecule has 0 bridgehead atoms. The van der Waals surface area contributed by atoms with Crippen LogP contribution in [0.2, 0.25) is 0 Å². The van der Waals surface area contributed by atoms with Crippen LogP contribution in [0, 0.1) is 0 Å². The second kappa shape index (κ2) is 7.90. The molecule has 0 spiro atoms. The van der Waals surface area contributed by atoms with Gasteiger partial charge in [-0.25, -0.2) is 4.98 Å². The molecule has 1 amide bonds. The number of H-pyrrole nitrogens is 1. The van der Waals surface area contributed by atoms with Gasteiger partial charge in [0.1, 0.15) is 10.7 Å². The Hall–Kier alpha value is -2.90. The van der Waals surface area contributed by atoms with Crippen LogP contribution in [0.1, 0.15) is 33.8 Å². The molecule has 6 rings (SSSR count). The van der Waals surface area contributed by atoms with Crippen molar-refractivity contribution < 1.29 is 4.79 Å². The number of hydrogen-bond donors (Lipinski definition) is 2. The third kappa shape index (κ3) is 3.45. The first-order valence-electron chi connectivity index (χ1n) is 10.8. The number of thioether (sulfide) groups is 1. The Balaban J connectivity index is 1.09. The maximum Gasteiger partial charge on any atom is 0.259 e. The van der Waals surface area contributed by atoms with Crippen molar-refractivity contribution in [2.45, 2.75) is 31.4 Å². The van der Waals surface area contributed by atoms with E-state index in [1.807, 2.05) is 6.07 Å². The van der Waals surface area contributed by atoms with E-state index in [4.69, 9.17) is 0 Å². The van der Waals surface area contributed by atoms with Crippen molar-refractivity contribution in [2.24, 2.45) is 0 Å². The highest BCUT2D eigenvalue weighted by Crippen LogP contribution is 2.37. The van der Waals surface area contributed by atoms with Gasteiger partial charge in [0.15, 0.2) is 0 Å². The van der Waals surface area contributed by atoms with Crippen LogP contribution in [-0.4, -0.2) is 21.6 Å². The Morgan fingerprint density at radius 1 is 1.12 bits per heavy atom. The van der Waals surface area contributed by atoms with Crippen molar-refractivity contribution in [3.8, 4) is 11.1 Å². The molecule has 7 heteroatoms. The van der Waals surface area contributed by atoms with Crippen molar-refractivity contribution in [1.29, 1.82) is 0 Å². The smallest absolute Gasteiger partial charge is 0.259 e. The number of fused-ring (bicyclic) bond motifs is 6. The molecule has 2 aliphatic rings. The third-order valence-electron chi connectivity index (χ3n) is 6.17. The van der Waals surface area contributed by atoms with Gasteiger partial charge < -0.3 is 10.3 Å². The average Bonchev–Trinajstić information content (AvgIpc) is 3.45. The Morgan fingerprint density at radius 2 is 2.00 bits per heavy atom. The van der Waals surface area contributed by atoms with Gasteiger partial charge in [0.05, 0.1) is 16.9 Å².